The fourth-order valence-electron chi connectivity index (χ4n) is 2.19. The number of nitrogens with one attached hydrogen (secondary N) is 1. The Morgan fingerprint density at radius 3 is 2.55 bits per heavy atom. The molecule has 1 aromatic heterocycles. The number of ether oxygens (including phenoxy) is 1. The Bertz CT molecular complexity index is 696. The van der Waals surface area contributed by atoms with Crippen LogP contribution in [0.25, 0.3) is 0 Å². The third kappa shape index (κ3) is 3.13. The predicted molar refractivity (Wildman–Crippen MR) is 87.7 cm³/mol. The van der Waals surface area contributed by atoms with Gasteiger partial charge in [0.1, 0.15) is 5.82 Å². The summed E-state index contributed by atoms with van der Waals surface area (Å²) in [6.45, 7) is 8.31. The normalized spacial score (nSPS) is 11.4. The van der Waals surface area contributed by atoms with Gasteiger partial charge in [-0.2, -0.15) is 5.10 Å². The highest BCUT2D eigenvalue weighted by Crippen LogP contribution is 2.28. The van der Waals surface area contributed by atoms with Gasteiger partial charge >= 0.3 is 5.97 Å². The second-order valence-electron chi connectivity index (χ2n) is 6.40. The Hall–Kier alpha value is -2.30. The highest BCUT2D eigenvalue weighted by molar-refractivity contribution is 5.97. The zero-order valence-electron chi connectivity index (χ0n) is 14.0. The van der Waals surface area contributed by atoms with E-state index in [2.05, 4.69) is 31.2 Å². The third-order valence-electron chi connectivity index (χ3n) is 3.58. The quantitative estimate of drug-likeness (QED) is 0.881. The van der Waals surface area contributed by atoms with E-state index < -0.39 is 0 Å². The van der Waals surface area contributed by atoms with Crippen molar-refractivity contribution in [3.63, 3.8) is 0 Å². The molecule has 2 rings (SSSR count). The zero-order chi connectivity index (χ0) is 16.5. The molecule has 0 saturated heterocycles. The maximum absolute atomic E-state index is 11.9. The van der Waals surface area contributed by atoms with Gasteiger partial charge in [0.05, 0.1) is 24.1 Å². The van der Waals surface area contributed by atoms with E-state index >= 15 is 0 Å². The largest absolute Gasteiger partial charge is 0.465 e. The minimum absolute atomic E-state index is 0.0331. The molecule has 0 bridgehead atoms. The lowest BCUT2D eigenvalue weighted by Gasteiger charge is -2.14. The van der Waals surface area contributed by atoms with Gasteiger partial charge < -0.3 is 10.1 Å². The van der Waals surface area contributed by atoms with Crippen molar-refractivity contribution in [2.45, 2.75) is 33.1 Å². The summed E-state index contributed by atoms with van der Waals surface area (Å²) < 4.78 is 6.64. The van der Waals surface area contributed by atoms with Crippen LogP contribution in [0, 0.1) is 6.92 Å². The number of carbonyl (C=O) groups excluding carboxylic acids is 1. The first-order chi connectivity index (χ1) is 10.2. The van der Waals surface area contributed by atoms with Crippen molar-refractivity contribution in [1.82, 2.24) is 9.78 Å². The van der Waals surface area contributed by atoms with E-state index in [1.54, 1.807) is 10.7 Å². The van der Waals surface area contributed by atoms with Crippen LogP contribution in [0.3, 0.4) is 0 Å². The van der Waals surface area contributed by atoms with Crippen molar-refractivity contribution < 1.29 is 9.53 Å². The average molecular weight is 301 g/mol. The molecule has 0 unspecified atom stereocenters. The number of rotatable bonds is 3. The topological polar surface area (TPSA) is 56.1 Å². The number of benzene rings is 1. The number of methoxy groups -OCH3 is 1. The van der Waals surface area contributed by atoms with Crippen molar-refractivity contribution >= 4 is 17.5 Å². The number of aromatic nitrogens is 2. The van der Waals surface area contributed by atoms with E-state index in [9.17, 15) is 4.79 Å². The highest BCUT2D eigenvalue weighted by atomic mass is 16.5. The first kappa shape index (κ1) is 16.1. The Morgan fingerprint density at radius 2 is 2.00 bits per heavy atom. The number of carbonyl (C=O) groups is 1. The van der Waals surface area contributed by atoms with Crippen LogP contribution in [0.5, 0.6) is 0 Å². The van der Waals surface area contributed by atoms with Crippen LogP contribution < -0.4 is 5.32 Å². The number of nitrogens with zero attached hydrogens (tertiary/aromatic N) is 2. The summed E-state index contributed by atoms with van der Waals surface area (Å²) in [4.78, 5) is 11.9. The number of hydrogen-bond acceptors (Lipinski definition) is 4. The monoisotopic (exact) mass is 301 g/mol. The summed E-state index contributed by atoms with van der Waals surface area (Å²) in [5.41, 5.74) is 3.19. The van der Waals surface area contributed by atoms with Crippen LogP contribution in [-0.4, -0.2) is 22.9 Å². The van der Waals surface area contributed by atoms with Crippen molar-refractivity contribution in [2.75, 3.05) is 12.4 Å². The van der Waals surface area contributed by atoms with Gasteiger partial charge in [-0.1, -0.05) is 32.9 Å². The lowest BCUT2D eigenvalue weighted by atomic mass is 9.92. The molecule has 1 heterocycles. The van der Waals surface area contributed by atoms with Crippen LogP contribution in [0.15, 0.2) is 24.3 Å². The maximum Gasteiger partial charge on any atom is 0.339 e. The summed E-state index contributed by atoms with van der Waals surface area (Å²) in [5.74, 6) is 0.480. The van der Waals surface area contributed by atoms with Gasteiger partial charge in [0, 0.05) is 18.5 Å². The summed E-state index contributed by atoms with van der Waals surface area (Å²) >= 11 is 0. The second-order valence-corrected chi connectivity index (χ2v) is 6.40. The van der Waals surface area contributed by atoms with E-state index in [-0.39, 0.29) is 11.4 Å². The molecule has 1 N–H and O–H groups in total. The first-order valence-corrected chi connectivity index (χ1v) is 7.23. The van der Waals surface area contributed by atoms with Crippen molar-refractivity contribution in [3.8, 4) is 0 Å². The molecule has 0 aliphatic heterocycles. The summed E-state index contributed by atoms with van der Waals surface area (Å²) in [5, 5.41) is 7.86. The van der Waals surface area contributed by atoms with E-state index in [0.717, 1.165) is 22.8 Å². The Morgan fingerprint density at radius 1 is 1.32 bits per heavy atom. The first-order valence-electron chi connectivity index (χ1n) is 7.23. The maximum atomic E-state index is 11.9. The van der Waals surface area contributed by atoms with Crippen LogP contribution in [-0.2, 0) is 17.2 Å². The molecule has 1 aromatic carbocycles. The standard InChI is InChI=1S/C17H23N3O2/c1-11-8-7-9-12(16(21)22-6)15(11)18-14-10-13(17(2,3)4)19-20(14)5/h7-10,18H,1-6H3. The van der Waals surface area contributed by atoms with E-state index in [1.807, 2.05) is 32.2 Å². The lowest BCUT2D eigenvalue weighted by molar-refractivity contribution is 0.0602. The summed E-state index contributed by atoms with van der Waals surface area (Å²) in [6, 6.07) is 7.56. The molecule has 0 amide bonds. The van der Waals surface area contributed by atoms with Crippen molar-refractivity contribution in [2.24, 2.45) is 7.05 Å². The summed E-state index contributed by atoms with van der Waals surface area (Å²) in [6.07, 6.45) is 0. The lowest BCUT2D eigenvalue weighted by Crippen LogP contribution is -2.12. The van der Waals surface area contributed by atoms with E-state index in [0.29, 0.717) is 5.56 Å². The van der Waals surface area contributed by atoms with Gasteiger partial charge in [0.15, 0.2) is 0 Å². The molecule has 5 nitrogen and oxygen atoms in total. The third-order valence-corrected chi connectivity index (χ3v) is 3.58. The fraction of sp³-hybridized carbons (Fsp3) is 0.412. The van der Waals surface area contributed by atoms with Crippen molar-refractivity contribution in [3.05, 3.63) is 41.1 Å². The molecular weight excluding hydrogens is 278 g/mol. The van der Waals surface area contributed by atoms with Crippen molar-refractivity contribution in [1.29, 1.82) is 0 Å². The number of aryl methyl sites for hydroxylation is 2. The van der Waals surface area contributed by atoms with Gasteiger partial charge in [0.25, 0.3) is 0 Å². The molecule has 0 aliphatic rings. The number of hydrogen-bond donors (Lipinski definition) is 1. The van der Waals surface area contributed by atoms with E-state index in [4.69, 9.17) is 4.74 Å². The van der Waals surface area contributed by atoms with E-state index in [1.165, 1.54) is 7.11 Å². The van der Waals surface area contributed by atoms with Gasteiger partial charge in [-0.3, -0.25) is 4.68 Å². The van der Waals surface area contributed by atoms with Gasteiger partial charge in [0.2, 0.25) is 0 Å². The molecule has 22 heavy (non-hydrogen) atoms. The number of anilines is 2. The van der Waals surface area contributed by atoms with Gasteiger partial charge in [-0.05, 0) is 18.6 Å². The molecule has 0 fully saturated rings. The van der Waals surface area contributed by atoms with Crippen LogP contribution >= 0.6 is 0 Å². The molecule has 118 valence electrons. The van der Waals surface area contributed by atoms with Gasteiger partial charge in [-0.25, -0.2) is 4.79 Å². The van der Waals surface area contributed by atoms with Crippen LogP contribution in [0.1, 0.15) is 42.4 Å². The smallest absolute Gasteiger partial charge is 0.339 e. The number of para-hydroxylation sites is 1. The van der Waals surface area contributed by atoms with Gasteiger partial charge in [-0.15, -0.1) is 0 Å². The predicted octanol–water partition coefficient (Wildman–Crippen LogP) is 3.56. The average Bonchev–Trinajstić information content (AvgIpc) is 2.81. The summed E-state index contributed by atoms with van der Waals surface area (Å²) in [7, 11) is 3.27. The highest BCUT2D eigenvalue weighted by Gasteiger charge is 2.20. The SMILES string of the molecule is COC(=O)c1cccc(C)c1Nc1cc(C(C)(C)C)nn1C. The molecule has 0 radical (unpaired) electrons. The molecule has 2 aromatic rings. The minimum Gasteiger partial charge on any atom is -0.465 e. The van der Waals surface area contributed by atoms with Crippen LogP contribution in [0.4, 0.5) is 11.5 Å². The zero-order valence-corrected chi connectivity index (χ0v) is 14.0. The number of esters is 1. The molecule has 0 saturated carbocycles. The Labute approximate surface area is 131 Å². The second kappa shape index (κ2) is 5.83. The Kier molecular flexibility index (Phi) is 4.26. The molecular formula is C17H23N3O2. The Balaban J connectivity index is 2.44. The molecule has 5 heteroatoms. The van der Waals surface area contributed by atoms with Crippen LogP contribution in [0.2, 0.25) is 0 Å². The fourth-order valence-corrected chi connectivity index (χ4v) is 2.19. The minimum atomic E-state index is -0.357. The molecule has 0 atom stereocenters. The molecule has 0 spiro atoms. The molecule has 0 aliphatic carbocycles.